The van der Waals surface area contributed by atoms with Crippen molar-refractivity contribution in [2.24, 2.45) is 5.10 Å². The molecule has 0 aromatic heterocycles. The highest BCUT2D eigenvalue weighted by atomic mass is 35.5. The summed E-state index contributed by atoms with van der Waals surface area (Å²) in [5, 5.41) is 9.67. The Hall–Kier alpha value is -4.77. The number of hydrogen-bond donors (Lipinski definition) is 3. The second-order valence-corrected chi connectivity index (χ2v) is 8.87. The Morgan fingerprint density at radius 2 is 1.82 bits per heavy atom. The fraction of sp³-hybridized carbons (Fsp3) is 0.214. The largest absolute Gasteiger partial charge is 0.490 e. The number of carbonyl (C=O) groups is 3. The van der Waals surface area contributed by atoms with Gasteiger partial charge < -0.3 is 29.6 Å². The van der Waals surface area contributed by atoms with Gasteiger partial charge in [0.25, 0.3) is 5.91 Å². The van der Waals surface area contributed by atoms with Crippen molar-refractivity contribution in [1.29, 1.82) is 0 Å². The van der Waals surface area contributed by atoms with Crippen LogP contribution in [0.5, 0.6) is 23.0 Å². The average molecular weight is 567 g/mol. The fourth-order valence-corrected chi connectivity index (χ4v) is 3.77. The lowest BCUT2D eigenvalue weighted by Gasteiger charge is -2.13. The van der Waals surface area contributed by atoms with Gasteiger partial charge >= 0.3 is 11.8 Å². The second kappa shape index (κ2) is 13.3. The summed E-state index contributed by atoms with van der Waals surface area (Å²) in [6.07, 6.45) is 1.35. The summed E-state index contributed by atoms with van der Waals surface area (Å²) >= 11 is 6.10. The number of halogens is 1. The predicted molar refractivity (Wildman–Crippen MR) is 148 cm³/mol. The maximum atomic E-state index is 12.4. The Bertz CT molecular complexity index is 1440. The molecule has 3 aromatic rings. The van der Waals surface area contributed by atoms with Crippen molar-refractivity contribution in [3.05, 3.63) is 76.3 Å². The first-order valence-electron chi connectivity index (χ1n) is 12.3. The van der Waals surface area contributed by atoms with Crippen LogP contribution in [0.2, 0.25) is 5.02 Å². The smallest absolute Gasteiger partial charge is 0.329 e. The molecule has 0 saturated carbocycles. The molecule has 4 rings (SSSR count). The molecule has 0 spiro atoms. The van der Waals surface area contributed by atoms with Gasteiger partial charge in [-0.1, -0.05) is 23.7 Å². The molecule has 0 radical (unpaired) electrons. The molecule has 3 amide bonds. The van der Waals surface area contributed by atoms with Gasteiger partial charge in [0.2, 0.25) is 6.79 Å². The topological polar surface area (TPSA) is 137 Å². The summed E-state index contributed by atoms with van der Waals surface area (Å²) in [5.74, 6) is -0.196. The molecule has 0 fully saturated rings. The summed E-state index contributed by atoms with van der Waals surface area (Å²) in [6, 6.07) is 15.4. The van der Waals surface area contributed by atoms with Crippen LogP contribution >= 0.6 is 11.6 Å². The number of carbonyl (C=O) groups excluding carboxylic acids is 3. The minimum atomic E-state index is -0.928. The Morgan fingerprint density at radius 1 is 1.00 bits per heavy atom. The number of amides is 3. The lowest BCUT2D eigenvalue weighted by molar-refractivity contribution is -0.139. The van der Waals surface area contributed by atoms with Crippen LogP contribution < -0.4 is 35.0 Å². The highest BCUT2D eigenvalue weighted by Gasteiger charge is 2.16. The number of ether oxygens (including phenoxy) is 4. The molecule has 0 unspecified atom stereocenters. The molecule has 1 heterocycles. The minimum absolute atomic E-state index is 0.127. The number of fused-ring (bicyclic) bond motifs is 1. The van der Waals surface area contributed by atoms with Crippen LogP contribution in [0.25, 0.3) is 0 Å². The fourth-order valence-electron chi connectivity index (χ4n) is 3.59. The maximum Gasteiger partial charge on any atom is 0.329 e. The third-order valence-electron chi connectivity index (χ3n) is 5.64. The van der Waals surface area contributed by atoms with Gasteiger partial charge in [-0.3, -0.25) is 14.4 Å². The molecule has 3 aromatic carbocycles. The van der Waals surface area contributed by atoms with E-state index in [0.29, 0.717) is 45.9 Å². The van der Waals surface area contributed by atoms with Crippen molar-refractivity contribution in [3.8, 4) is 23.0 Å². The maximum absolute atomic E-state index is 12.4. The molecule has 0 saturated heterocycles. The number of anilines is 1. The zero-order valence-electron chi connectivity index (χ0n) is 21.8. The first-order chi connectivity index (χ1) is 19.3. The van der Waals surface area contributed by atoms with Gasteiger partial charge in [0.15, 0.2) is 29.6 Å². The monoisotopic (exact) mass is 566 g/mol. The number of rotatable bonds is 10. The van der Waals surface area contributed by atoms with Crippen molar-refractivity contribution in [2.75, 3.05) is 25.3 Å². The van der Waals surface area contributed by atoms with E-state index in [1.54, 1.807) is 54.6 Å². The van der Waals surface area contributed by atoms with Crippen LogP contribution in [-0.2, 0) is 20.9 Å². The summed E-state index contributed by atoms with van der Waals surface area (Å²) in [5.41, 5.74) is 4.85. The van der Waals surface area contributed by atoms with Crippen LogP contribution in [-0.4, -0.2) is 43.9 Å². The Labute approximate surface area is 235 Å². The lowest BCUT2D eigenvalue weighted by Crippen LogP contribution is -2.37. The van der Waals surface area contributed by atoms with Gasteiger partial charge in [0.05, 0.1) is 12.8 Å². The number of hydrogen-bond acceptors (Lipinski definition) is 8. The summed E-state index contributed by atoms with van der Waals surface area (Å²) in [6.45, 7) is 3.99. The van der Waals surface area contributed by atoms with Gasteiger partial charge in [-0.2, -0.15) is 5.10 Å². The van der Waals surface area contributed by atoms with Crippen LogP contribution in [0.4, 0.5) is 5.69 Å². The zero-order valence-corrected chi connectivity index (χ0v) is 22.5. The normalized spacial score (nSPS) is 11.7. The van der Waals surface area contributed by atoms with E-state index < -0.39 is 11.8 Å². The van der Waals surface area contributed by atoms with E-state index in [4.69, 9.17) is 30.5 Å². The lowest BCUT2D eigenvalue weighted by atomic mass is 10.2. The molecule has 0 bridgehead atoms. The molecule has 0 atom stereocenters. The molecule has 1 aliphatic heterocycles. The quantitative estimate of drug-likeness (QED) is 0.194. The number of hydrazone groups is 1. The van der Waals surface area contributed by atoms with Crippen LogP contribution in [0.1, 0.15) is 23.6 Å². The van der Waals surface area contributed by atoms with E-state index in [-0.39, 0.29) is 25.9 Å². The first-order valence-corrected chi connectivity index (χ1v) is 12.7. The van der Waals surface area contributed by atoms with E-state index in [1.807, 2.05) is 13.8 Å². The first kappa shape index (κ1) is 28.2. The number of nitrogens with zero attached hydrogens (tertiary/aromatic N) is 1. The Kier molecular flexibility index (Phi) is 9.42. The van der Waals surface area contributed by atoms with Gasteiger partial charge in [-0.15, -0.1) is 0 Å². The molecule has 12 heteroatoms. The van der Waals surface area contributed by atoms with E-state index in [2.05, 4.69) is 21.2 Å². The molecule has 1 aliphatic rings. The Balaban J connectivity index is 1.28. The molecule has 3 N–H and O–H groups in total. The molecule has 208 valence electrons. The van der Waals surface area contributed by atoms with Crippen molar-refractivity contribution in [1.82, 2.24) is 10.7 Å². The van der Waals surface area contributed by atoms with Crippen LogP contribution in [0.15, 0.2) is 59.7 Å². The molecular weight excluding hydrogens is 540 g/mol. The van der Waals surface area contributed by atoms with E-state index in [0.717, 1.165) is 11.1 Å². The van der Waals surface area contributed by atoms with E-state index in [9.17, 15) is 14.4 Å². The Morgan fingerprint density at radius 3 is 2.65 bits per heavy atom. The number of nitrogens with one attached hydrogen (secondary N) is 3. The standard InChI is InChI=1S/C28H27ClN4O7/c1-3-37-24-12-19(8-9-22(24)38-15-26(34)32-21-6-4-5-20(29)17(21)2)14-31-33-28(36)27(35)30-13-18-7-10-23-25(11-18)40-16-39-23/h4-12,14H,3,13,15-16H2,1-2H3,(H,30,35)(H,32,34)(H,33,36)/b31-14-. The van der Waals surface area contributed by atoms with Gasteiger partial charge in [-0.05, 0) is 73.0 Å². The van der Waals surface area contributed by atoms with Crippen molar-refractivity contribution in [2.45, 2.75) is 20.4 Å². The average Bonchev–Trinajstić information content (AvgIpc) is 3.42. The molecule has 11 nitrogen and oxygen atoms in total. The zero-order chi connectivity index (χ0) is 28.5. The van der Waals surface area contributed by atoms with E-state index >= 15 is 0 Å². The summed E-state index contributed by atoms with van der Waals surface area (Å²) in [4.78, 5) is 36.6. The van der Waals surface area contributed by atoms with Crippen molar-refractivity contribution in [3.63, 3.8) is 0 Å². The van der Waals surface area contributed by atoms with E-state index in [1.165, 1.54) is 6.21 Å². The van der Waals surface area contributed by atoms with Crippen LogP contribution in [0, 0.1) is 6.92 Å². The minimum Gasteiger partial charge on any atom is -0.490 e. The molecule has 40 heavy (non-hydrogen) atoms. The number of benzene rings is 3. The third-order valence-corrected chi connectivity index (χ3v) is 6.05. The summed E-state index contributed by atoms with van der Waals surface area (Å²) < 4.78 is 21.8. The molecular formula is C28H27ClN4O7. The second-order valence-electron chi connectivity index (χ2n) is 8.46. The predicted octanol–water partition coefficient (Wildman–Crippen LogP) is 3.56. The summed E-state index contributed by atoms with van der Waals surface area (Å²) in [7, 11) is 0. The van der Waals surface area contributed by atoms with Gasteiger partial charge in [0.1, 0.15) is 0 Å². The van der Waals surface area contributed by atoms with Gasteiger partial charge in [0, 0.05) is 17.3 Å². The van der Waals surface area contributed by atoms with Crippen LogP contribution in [0.3, 0.4) is 0 Å². The highest BCUT2D eigenvalue weighted by Crippen LogP contribution is 2.32. The highest BCUT2D eigenvalue weighted by molar-refractivity contribution is 6.35. The van der Waals surface area contributed by atoms with Gasteiger partial charge in [-0.25, -0.2) is 5.43 Å². The van der Waals surface area contributed by atoms with Crippen molar-refractivity contribution < 1.29 is 33.3 Å². The third kappa shape index (κ3) is 7.41. The van der Waals surface area contributed by atoms with Crippen molar-refractivity contribution >= 4 is 41.2 Å². The SMILES string of the molecule is CCOc1cc(/C=N\NC(=O)C(=O)NCc2ccc3c(c2)OCO3)ccc1OCC(=O)Nc1cccc(Cl)c1C. The molecule has 0 aliphatic carbocycles.